The Balaban J connectivity index is 0.00000182. The van der Waals surface area contributed by atoms with Gasteiger partial charge in [0.1, 0.15) is 0 Å². The summed E-state index contributed by atoms with van der Waals surface area (Å²) in [7, 11) is 0. The van der Waals surface area contributed by atoms with Crippen LogP contribution in [-0.2, 0) is 0 Å². The standard InChI is InChI=1S/C18H21ClN4O.ClH/c19-14-3-1-2-13(10-14)16-15(11-21-22-16)17(24)23-8-5-18(6-9-23)4-7-20-12-18;/h1-3,10-11,20H,4-9,12H2,(H,21,22);1H. The Morgan fingerprint density at radius 3 is 2.72 bits per heavy atom. The molecule has 0 aliphatic carbocycles. The highest BCUT2D eigenvalue weighted by atomic mass is 35.5. The van der Waals surface area contributed by atoms with Crippen molar-refractivity contribution in [1.82, 2.24) is 20.4 Å². The summed E-state index contributed by atoms with van der Waals surface area (Å²) in [6.45, 7) is 3.84. The number of carbonyl (C=O) groups excluding carboxylic acids is 1. The third kappa shape index (κ3) is 3.54. The molecular formula is C18H22Cl2N4O. The van der Waals surface area contributed by atoms with Gasteiger partial charge in [-0.1, -0.05) is 23.7 Å². The molecule has 2 fully saturated rings. The zero-order chi connectivity index (χ0) is 16.6. The Kier molecular flexibility index (Phi) is 5.37. The van der Waals surface area contributed by atoms with E-state index in [1.807, 2.05) is 29.2 Å². The number of benzene rings is 1. The van der Waals surface area contributed by atoms with Crippen LogP contribution >= 0.6 is 24.0 Å². The first-order valence-electron chi connectivity index (χ1n) is 8.46. The van der Waals surface area contributed by atoms with Gasteiger partial charge in [-0.05, 0) is 43.4 Å². The number of amides is 1. The molecule has 2 saturated heterocycles. The number of rotatable bonds is 2. The highest BCUT2D eigenvalue weighted by Gasteiger charge is 2.38. The van der Waals surface area contributed by atoms with Gasteiger partial charge in [0.05, 0.1) is 17.5 Å². The molecule has 2 aliphatic rings. The van der Waals surface area contributed by atoms with Crippen molar-refractivity contribution in [3.63, 3.8) is 0 Å². The molecule has 5 nitrogen and oxygen atoms in total. The lowest BCUT2D eigenvalue weighted by atomic mass is 9.78. The number of hydrogen-bond donors (Lipinski definition) is 2. The molecule has 2 N–H and O–H groups in total. The van der Waals surface area contributed by atoms with Crippen LogP contribution in [0.25, 0.3) is 11.3 Å². The lowest BCUT2D eigenvalue weighted by molar-refractivity contribution is 0.0608. The lowest BCUT2D eigenvalue weighted by Gasteiger charge is -2.38. The molecule has 0 radical (unpaired) electrons. The van der Waals surface area contributed by atoms with E-state index in [0.29, 0.717) is 16.0 Å². The quantitative estimate of drug-likeness (QED) is 0.839. The fourth-order valence-corrected chi connectivity index (χ4v) is 4.08. The molecule has 2 aromatic rings. The summed E-state index contributed by atoms with van der Waals surface area (Å²) in [5.41, 5.74) is 2.66. The number of aromatic amines is 1. The van der Waals surface area contributed by atoms with E-state index in [2.05, 4.69) is 15.5 Å². The molecule has 0 atom stereocenters. The van der Waals surface area contributed by atoms with Crippen molar-refractivity contribution in [1.29, 1.82) is 0 Å². The normalized spacial score (nSPS) is 19.0. The van der Waals surface area contributed by atoms with Gasteiger partial charge in [0, 0.05) is 30.2 Å². The number of nitrogens with zero attached hydrogens (tertiary/aromatic N) is 2. The summed E-state index contributed by atoms with van der Waals surface area (Å²) in [4.78, 5) is 14.9. The molecule has 134 valence electrons. The van der Waals surface area contributed by atoms with Gasteiger partial charge in [-0.2, -0.15) is 5.10 Å². The molecule has 0 saturated carbocycles. The highest BCUT2D eigenvalue weighted by Crippen LogP contribution is 2.37. The van der Waals surface area contributed by atoms with E-state index in [1.54, 1.807) is 6.20 Å². The molecule has 1 aromatic carbocycles. The minimum Gasteiger partial charge on any atom is -0.338 e. The predicted molar refractivity (Wildman–Crippen MR) is 101 cm³/mol. The summed E-state index contributed by atoms with van der Waals surface area (Å²) in [5, 5.41) is 11.1. The number of carbonyl (C=O) groups is 1. The molecule has 1 aromatic heterocycles. The topological polar surface area (TPSA) is 61.0 Å². The first kappa shape index (κ1) is 18.2. The Morgan fingerprint density at radius 1 is 1.24 bits per heavy atom. The maximum atomic E-state index is 13.0. The van der Waals surface area contributed by atoms with Gasteiger partial charge in [-0.25, -0.2) is 0 Å². The molecule has 0 bridgehead atoms. The van der Waals surface area contributed by atoms with Gasteiger partial charge in [0.15, 0.2) is 0 Å². The van der Waals surface area contributed by atoms with Gasteiger partial charge in [0.2, 0.25) is 0 Å². The summed E-state index contributed by atoms with van der Waals surface area (Å²) in [6.07, 6.45) is 5.01. The van der Waals surface area contributed by atoms with Gasteiger partial charge in [0.25, 0.3) is 5.91 Å². The highest BCUT2D eigenvalue weighted by molar-refractivity contribution is 6.30. The van der Waals surface area contributed by atoms with Gasteiger partial charge < -0.3 is 10.2 Å². The summed E-state index contributed by atoms with van der Waals surface area (Å²) in [6, 6.07) is 7.49. The Bertz CT molecular complexity index is 745. The Labute approximate surface area is 158 Å². The molecule has 7 heteroatoms. The largest absolute Gasteiger partial charge is 0.338 e. The van der Waals surface area contributed by atoms with E-state index in [0.717, 1.165) is 50.3 Å². The number of halogens is 2. The van der Waals surface area contributed by atoms with Crippen molar-refractivity contribution in [2.75, 3.05) is 26.2 Å². The van der Waals surface area contributed by atoms with Crippen LogP contribution in [0.4, 0.5) is 0 Å². The van der Waals surface area contributed by atoms with Crippen LogP contribution in [0.15, 0.2) is 30.5 Å². The second-order valence-electron chi connectivity index (χ2n) is 6.89. The first-order chi connectivity index (χ1) is 11.7. The number of likely N-dealkylation sites (tertiary alicyclic amines) is 1. The summed E-state index contributed by atoms with van der Waals surface area (Å²) >= 11 is 6.08. The maximum absolute atomic E-state index is 13.0. The first-order valence-corrected chi connectivity index (χ1v) is 8.84. The summed E-state index contributed by atoms with van der Waals surface area (Å²) < 4.78 is 0. The molecule has 4 rings (SSSR count). The SMILES string of the molecule is Cl.O=C(c1cn[nH]c1-c1cccc(Cl)c1)N1CCC2(CCNC2)CC1. The van der Waals surface area contributed by atoms with Crippen molar-refractivity contribution in [2.45, 2.75) is 19.3 Å². The molecule has 1 amide bonds. The fourth-order valence-electron chi connectivity index (χ4n) is 3.89. The minimum atomic E-state index is 0. The van der Waals surface area contributed by atoms with Crippen molar-refractivity contribution < 1.29 is 4.79 Å². The number of hydrogen-bond acceptors (Lipinski definition) is 3. The predicted octanol–water partition coefficient (Wildman–Crippen LogP) is 3.37. The van der Waals surface area contributed by atoms with Crippen LogP contribution in [0.1, 0.15) is 29.6 Å². The minimum absolute atomic E-state index is 0. The van der Waals surface area contributed by atoms with Crippen LogP contribution in [-0.4, -0.2) is 47.2 Å². The second kappa shape index (κ2) is 7.36. The van der Waals surface area contributed by atoms with Crippen molar-refractivity contribution in [3.8, 4) is 11.3 Å². The number of aromatic nitrogens is 2. The van der Waals surface area contributed by atoms with Crippen LogP contribution in [0.3, 0.4) is 0 Å². The Hall–Kier alpha value is -1.56. The zero-order valence-electron chi connectivity index (χ0n) is 13.9. The molecule has 2 aliphatic heterocycles. The van der Waals surface area contributed by atoms with Crippen molar-refractivity contribution in [3.05, 3.63) is 41.0 Å². The number of nitrogens with one attached hydrogen (secondary N) is 2. The second-order valence-corrected chi connectivity index (χ2v) is 7.32. The number of piperidine rings is 1. The third-order valence-corrected chi connectivity index (χ3v) is 5.66. The van der Waals surface area contributed by atoms with E-state index in [4.69, 9.17) is 11.6 Å². The van der Waals surface area contributed by atoms with Gasteiger partial charge in [-0.3, -0.25) is 9.89 Å². The zero-order valence-corrected chi connectivity index (χ0v) is 15.5. The smallest absolute Gasteiger partial charge is 0.257 e. The van der Waals surface area contributed by atoms with E-state index >= 15 is 0 Å². The van der Waals surface area contributed by atoms with Crippen LogP contribution in [0.2, 0.25) is 5.02 Å². The monoisotopic (exact) mass is 380 g/mol. The Morgan fingerprint density at radius 2 is 2.04 bits per heavy atom. The van der Waals surface area contributed by atoms with Gasteiger partial charge in [-0.15, -0.1) is 12.4 Å². The van der Waals surface area contributed by atoms with E-state index in [-0.39, 0.29) is 18.3 Å². The van der Waals surface area contributed by atoms with Crippen LogP contribution < -0.4 is 5.32 Å². The third-order valence-electron chi connectivity index (χ3n) is 5.43. The van der Waals surface area contributed by atoms with Crippen molar-refractivity contribution in [2.24, 2.45) is 5.41 Å². The lowest BCUT2D eigenvalue weighted by Crippen LogP contribution is -2.44. The molecule has 25 heavy (non-hydrogen) atoms. The average Bonchev–Trinajstić information content (AvgIpc) is 3.25. The van der Waals surface area contributed by atoms with Crippen molar-refractivity contribution >= 4 is 29.9 Å². The molecule has 3 heterocycles. The van der Waals surface area contributed by atoms with E-state index in [9.17, 15) is 4.79 Å². The van der Waals surface area contributed by atoms with Gasteiger partial charge >= 0.3 is 0 Å². The van der Waals surface area contributed by atoms with E-state index < -0.39 is 0 Å². The molecule has 1 spiro atoms. The summed E-state index contributed by atoms with van der Waals surface area (Å²) in [5.74, 6) is 0.0551. The van der Waals surface area contributed by atoms with Crippen LogP contribution in [0, 0.1) is 5.41 Å². The molecule has 0 unspecified atom stereocenters. The van der Waals surface area contributed by atoms with E-state index in [1.165, 1.54) is 6.42 Å². The average molecular weight is 381 g/mol. The van der Waals surface area contributed by atoms with Crippen LogP contribution in [0.5, 0.6) is 0 Å². The fraction of sp³-hybridized carbons (Fsp3) is 0.444. The maximum Gasteiger partial charge on any atom is 0.257 e. The number of H-pyrrole nitrogens is 1. The molecular weight excluding hydrogens is 359 g/mol.